The first-order valence-electron chi connectivity index (χ1n) is 7.73. The molecule has 0 saturated carbocycles. The van der Waals surface area contributed by atoms with Crippen LogP contribution < -0.4 is 5.32 Å². The van der Waals surface area contributed by atoms with Crippen molar-refractivity contribution in [1.82, 2.24) is 9.78 Å². The molecule has 0 atom stereocenters. The van der Waals surface area contributed by atoms with E-state index in [0.717, 1.165) is 21.1 Å². The minimum atomic E-state index is -0.317. The van der Waals surface area contributed by atoms with Crippen molar-refractivity contribution in [2.75, 3.05) is 5.32 Å². The van der Waals surface area contributed by atoms with Crippen LogP contribution in [0, 0.1) is 6.92 Å². The number of furan rings is 1. The zero-order chi connectivity index (χ0) is 17.4. The summed E-state index contributed by atoms with van der Waals surface area (Å²) in [6.45, 7) is 1.87. The second-order valence-corrected chi connectivity index (χ2v) is 6.55. The molecule has 0 bridgehead atoms. The van der Waals surface area contributed by atoms with Gasteiger partial charge in [-0.25, -0.2) is 4.68 Å². The molecule has 0 aliphatic rings. The SMILES string of the molecule is Cc1c(C(=O)Nc2ccn(-c3ccccc3)n2)oc2ccc(Br)cc12. The molecule has 0 saturated heterocycles. The van der Waals surface area contributed by atoms with Crippen molar-refractivity contribution >= 4 is 38.6 Å². The molecule has 4 aromatic rings. The maximum Gasteiger partial charge on any atom is 0.292 e. The molecular formula is C19H14BrN3O2. The number of para-hydroxylation sites is 1. The van der Waals surface area contributed by atoms with E-state index in [1.54, 1.807) is 16.9 Å². The summed E-state index contributed by atoms with van der Waals surface area (Å²) in [5.41, 5.74) is 2.41. The molecule has 2 heterocycles. The Morgan fingerprint density at radius 3 is 2.76 bits per heavy atom. The third-order valence-corrected chi connectivity index (χ3v) is 4.45. The third-order valence-electron chi connectivity index (χ3n) is 3.96. The van der Waals surface area contributed by atoms with Crippen molar-refractivity contribution in [2.45, 2.75) is 6.92 Å². The molecule has 0 radical (unpaired) electrons. The van der Waals surface area contributed by atoms with Crippen LogP contribution in [0.25, 0.3) is 16.7 Å². The van der Waals surface area contributed by atoms with Crippen molar-refractivity contribution in [1.29, 1.82) is 0 Å². The largest absolute Gasteiger partial charge is 0.451 e. The fraction of sp³-hybridized carbons (Fsp3) is 0.0526. The number of fused-ring (bicyclic) bond motifs is 1. The molecule has 6 heteroatoms. The lowest BCUT2D eigenvalue weighted by molar-refractivity contribution is 0.0997. The summed E-state index contributed by atoms with van der Waals surface area (Å²) in [4.78, 5) is 12.6. The zero-order valence-electron chi connectivity index (χ0n) is 13.4. The predicted molar refractivity (Wildman–Crippen MR) is 100 cm³/mol. The van der Waals surface area contributed by atoms with Crippen LogP contribution in [-0.2, 0) is 0 Å². The van der Waals surface area contributed by atoms with Gasteiger partial charge >= 0.3 is 0 Å². The van der Waals surface area contributed by atoms with E-state index in [0.29, 0.717) is 17.2 Å². The van der Waals surface area contributed by atoms with Crippen LogP contribution in [0.4, 0.5) is 5.82 Å². The highest BCUT2D eigenvalue weighted by atomic mass is 79.9. The van der Waals surface area contributed by atoms with Gasteiger partial charge in [-0.15, -0.1) is 0 Å². The van der Waals surface area contributed by atoms with Gasteiger partial charge in [-0.3, -0.25) is 4.79 Å². The second kappa shape index (κ2) is 6.22. The Kier molecular flexibility index (Phi) is 3.89. The second-order valence-electron chi connectivity index (χ2n) is 5.63. The minimum absolute atomic E-state index is 0.294. The number of aryl methyl sites for hydroxylation is 1. The van der Waals surface area contributed by atoms with Gasteiger partial charge in [0.1, 0.15) is 5.58 Å². The summed E-state index contributed by atoms with van der Waals surface area (Å²) in [5, 5.41) is 8.08. The molecule has 25 heavy (non-hydrogen) atoms. The Bertz CT molecular complexity index is 1070. The Labute approximate surface area is 152 Å². The molecule has 1 amide bonds. The van der Waals surface area contributed by atoms with E-state index >= 15 is 0 Å². The van der Waals surface area contributed by atoms with Gasteiger partial charge in [0.15, 0.2) is 11.6 Å². The van der Waals surface area contributed by atoms with Gasteiger partial charge in [0.2, 0.25) is 0 Å². The van der Waals surface area contributed by atoms with Crippen molar-refractivity contribution in [3.8, 4) is 5.69 Å². The highest BCUT2D eigenvalue weighted by Crippen LogP contribution is 2.28. The number of hydrogen-bond acceptors (Lipinski definition) is 3. The zero-order valence-corrected chi connectivity index (χ0v) is 14.9. The topological polar surface area (TPSA) is 60.1 Å². The lowest BCUT2D eigenvalue weighted by atomic mass is 10.1. The van der Waals surface area contributed by atoms with Gasteiger partial charge in [0.25, 0.3) is 5.91 Å². The van der Waals surface area contributed by atoms with Crippen LogP contribution in [0.3, 0.4) is 0 Å². The van der Waals surface area contributed by atoms with Crippen LogP contribution in [0.15, 0.2) is 69.7 Å². The molecule has 0 spiro atoms. The number of anilines is 1. The highest BCUT2D eigenvalue weighted by molar-refractivity contribution is 9.10. The smallest absolute Gasteiger partial charge is 0.292 e. The summed E-state index contributed by atoms with van der Waals surface area (Å²) in [5.74, 6) is 0.445. The van der Waals surface area contributed by atoms with E-state index in [-0.39, 0.29) is 5.91 Å². The first kappa shape index (κ1) is 15.7. The number of hydrogen-bond donors (Lipinski definition) is 1. The number of benzene rings is 2. The molecule has 0 aliphatic carbocycles. The Balaban J connectivity index is 1.61. The number of carbonyl (C=O) groups excluding carboxylic acids is 1. The van der Waals surface area contributed by atoms with Gasteiger partial charge in [0, 0.05) is 27.7 Å². The monoisotopic (exact) mass is 395 g/mol. The van der Waals surface area contributed by atoms with E-state index < -0.39 is 0 Å². The molecule has 1 N–H and O–H groups in total. The molecule has 2 aromatic carbocycles. The van der Waals surface area contributed by atoms with Crippen molar-refractivity contribution in [3.63, 3.8) is 0 Å². The van der Waals surface area contributed by atoms with Crippen LogP contribution in [0.5, 0.6) is 0 Å². The third kappa shape index (κ3) is 2.96. The van der Waals surface area contributed by atoms with E-state index in [1.807, 2.05) is 55.5 Å². The number of rotatable bonds is 3. The van der Waals surface area contributed by atoms with Crippen LogP contribution in [0.2, 0.25) is 0 Å². The Hall–Kier alpha value is -2.86. The van der Waals surface area contributed by atoms with E-state index in [1.165, 1.54) is 0 Å². The van der Waals surface area contributed by atoms with E-state index in [2.05, 4.69) is 26.3 Å². The summed E-state index contributed by atoms with van der Waals surface area (Å²) in [6, 6.07) is 17.1. The predicted octanol–water partition coefficient (Wildman–Crippen LogP) is 4.94. The minimum Gasteiger partial charge on any atom is -0.451 e. The van der Waals surface area contributed by atoms with Gasteiger partial charge in [-0.05, 0) is 37.3 Å². The number of nitrogens with zero attached hydrogens (tertiary/aromatic N) is 2. The van der Waals surface area contributed by atoms with Crippen LogP contribution in [0.1, 0.15) is 16.1 Å². The van der Waals surface area contributed by atoms with E-state index in [9.17, 15) is 4.79 Å². The molecule has 4 rings (SSSR count). The number of aromatic nitrogens is 2. The lowest BCUT2D eigenvalue weighted by Crippen LogP contribution is -2.12. The molecule has 0 unspecified atom stereocenters. The van der Waals surface area contributed by atoms with Gasteiger partial charge in [-0.2, -0.15) is 5.10 Å². The van der Waals surface area contributed by atoms with Crippen LogP contribution >= 0.6 is 15.9 Å². The number of halogens is 1. The van der Waals surface area contributed by atoms with Crippen molar-refractivity contribution in [3.05, 3.63) is 76.6 Å². The summed E-state index contributed by atoms with van der Waals surface area (Å²) in [6.07, 6.45) is 1.80. The molecule has 124 valence electrons. The average Bonchev–Trinajstić information content (AvgIpc) is 3.21. The first-order chi connectivity index (χ1) is 12.1. The summed E-state index contributed by atoms with van der Waals surface area (Å²) < 4.78 is 8.36. The maximum atomic E-state index is 12.6. The van der Waals surface area contributed by atoms with Gasteiger partial charge < -0.3 is 9.73 Å². The Morgan fingerprint density at radius 1 is 1.16 bits per heavy atom. The number of amides is 1. The summed E-state index contributed by atoms with van der Waals surface area (Å²) >= 11 is 3.44. The van der Waals surface area contributed by atoms with Crippen molar-refractivity contribution < 1.29 is 9.21 Å². The maximum absolute atomic E-state index is 12.6. The molecule has 2 aromatic heterocycles. The standard InChI is InChI=1S/C19H14BrN3O2/c1-12-15-11-13(20)7-8-16(15)25-18(12)19(24)21-17-9-10-23(22-17)14-5-3-2-4-6-14/h2-11H,1H3,(H,21,22,24). The molecular weight excluding hydrogens is 382 g/mol. The van der Waals surface area contributed by atoms with Crippen LogP contribution in [-0.4, -0.2) is 15.7 Å². The van der Waals surface area contributed by atoms with Gasteiger partial charge in [-0.1, -0.05) is 34.1 Å². The Morgan fingerprint density at radius 2 is 1.96 bits per heavy atom. The first-order valence-corrected chi connectivity index (χ1v) is 8.52. The average molecular weight is 396 g/mol. The molecule has 5 nitrogen and oxygen atoms in total. The highest BCUT2D eigenvalue weighted by Gasteiger charge is 2.18. The van der Waals surface area contributed by atoms with Crippen molar-refractivity contribution in [2.24, 2.45) is 0 Å². The van der Waals surface area contributed by atoms with Gasteiger partial charge in [0.05, 0.1) is 5.69 Å². The lowest BCUT2D eigenvalue weighted by Gasteiger charge is -2.01. The molecule has 0 aliphatic heterocycles. The fourth-order valence-electron chi connectivity index (χ4n) is 2.70. The number of carbonyl (C=O) groups is 1. The fourth-order valence-corrected chi connectivity index (χ4v) is 3.06. The quantitative estimate of drug-likeness (QED) is 0.534. The normalized spacial score (nSPS) is 11.0. The van der Waals surface area contributed by atoms with E-state index in [4.69, 9.17) is 4.42 Å². The summed E-state index contributed by atoms with van der Waals surface area (Å²) in [7, 11) is 0. The number of nitrogens with one attached hydrogen (secondary N) is 1. The molecule has 0 fully saturated rings.